The van der Waals surface area contributed by atoms with Crippen LogP contribution in [0.25, 0.3) is 20.4 Å². The second-order valence-electron chi connectivity index (χ2n) is 6.64. The van der Waals surface area contributed by atoms with Gasteiger partial charge in [0.05, 0.1) is 39.6 Å². The molecular weight excluding hydrogens is 367 g/mol. The Hall–Kier alpha value is -1.21. The number of aryl methyl sites for hydroxylation is 2. The van der Waals surface area contributed by atoms with Crippen molar-refractivity contribution in [3.8, 4) is 0 Å². The summed E-state index contributed by atoms with van der Waals surface area (Å²) < 4.78 is 6.47. The number of ether oxygens (including phenoxy) is 1. The standard InChI is InChI=1S/C16H15ClN4OS.ClH/c1-8-10-12-13(23-15(10)20-9(2)11(8)17)14(19-7-18-12)21-3-16(4-21)5-22-6-16;/h7H,3-6H2,1-2H3;1H. The Morgan fingerprint density at radius 2 is 2.00 bits per heavy atom. The molecule has 2 aliphatic rings. The van der Waals surface area contributed by atoms with E-state index >= 15 is 0 Å². The van der Waals surface area contributed by atoms with Crippen LogP contribution in [0.15, 0.2) is 6.33 Å². The van der Waals surface area contributed by atoms with E-state index in [1.54, 1.807) is 17.7 Å². The van der Waals surface area contributed by atoms with E-state index < -0.39 is 0 Å². The minimum Gasteiger partial charge on any atom is -0.380 e. The number of thiophene rings is 1. The van der Waals surface area contributed by atoms with Crippen molar-refractivity contribution in [1.29, 1.82) is 0 Å². The molecule has 0 aromatic carbocycles. The first-order valence-electron chi connectivity index (χ1n) is 7.61. The molecule has 0 aliphatic carbocycles. The Balaban J connectivity index is 0.00000146. The molecule has 1 spiro atoms. The molecule has 3 aromatic rings. The van der Waals surface area contributed by atoms with Gasteiger partial charge in [-0.3, -0.25) is 0 Å². The Labute approximate surface area is 154 Å². The highest BCUT2D eigenvalue weighted by Crippen LogP contribution is 2.45. The summed E-state index contributed by atoms with van der Waals surface area (Å²) in [7, 11) is 0. The molecule has 24 heavy (non-hydrogen) atoms. The van der Waals surface area contributed by atoms with E-state index in [4.69, 9.17) is 16.3 Å². The maximum atomic E-state index is 6.39. The van der Waals surface area contributed by atoms with Gasteiger partial charge in [-0.1, -0.05) is 11.6 Å². The van der Waals surface area contributed by atoms with E-state index in [2.05, 4.69) is 19.9 Å². The lowest BCUT2D eigenvalue weighted by atomic mass is 9.78. The van der Waals surface area contributed by atoms with Gasteiger partial charge in [0.1, 0.15) is 17.0 Å². The van der Waals surface area contributed by atoms with Crippen molar-refractivity contribution in [2.45, 2.75) is 13.8 Å². The Kier molecular flexibility index (Phi) is 3.66. The monoisotopic (exact) mass is 382 g/mol. The third-order valence-corrected chi connectivity index (χ3v) is 6.52. The highest BCUT2D eigenvalue weighted by Gasteiger charge is 2.49. The lowest BCUT2D eigenvalue weighted by Gasteiger charge is -2.55. The molecule has 5 heterocycles. The van der Waals surface area contributed by atoms with Gasteiger partial charge >= 0.3 is 0 Å². The molecule has 0 atom stereocenters. The molecule has 8 heteroatoms. The van der Waals surface area contributed by atoms with Gasteiger partial charge in [-0.2, -0.15) is 0 Å². The van der Waals surface area contributed by atoms with Gasteiger partial charge in [0.25, 0.3) is 0 Å². The van der Waals surface area contributed by atoms with Gasteiger partial charge in [0.2, 0.25) is 0 Å². The molecule has 0 unspecified atom stereocenters. The van der Waals surface area contributed by atoms with E-state index in [-0.39, 0.29) is 12.4 Å². The van der Waals surface area contributed by atoms with Gasteiger partial charge < -0.3 is 9.64 Å². The summed E-state index contributed by atoms with van der Waals surface area (Å²) in [6, 6.07) is 0. The first-order chi connectivity index (χ1) is 11.1. The number of hydrogen-bond donors (Lipinski definition) is 0. The van der Waals surface area contributed by atoms with Crippen molar-refractivity contribution >= 4 is 61.6 Å². The second kappa shape index (κ2) is 5.39. The van der Waals surface area contributed by atoms with Crippen LogP contribution in [0, 0.1) is 19.3 Å². The second-order valence-corrected chi connectivity index (χ2v) is 8.02. The molecule has 0 radical (unpaired) electrons. The molecule has 0 bridgehead atoms. The average Bonchev–Trinajstić information content (AvgIpc) is 2.81. The average molecular weight is 383 g/mol. The molecule has 3 aromatic heterocycles. The van der Waals surface area contributed by atoms with Crippen LogP contribution in [0.3, 0.4) is 0 Å². The largest absolute Gasteiger partial charge is 0.380 e. The summed E-state index contributed by atoms with van der Waals surface area (Å²) in [5, 5.41) is 1.79. The molecule has 126 valence electrons. The number of fused-ring (bicyclic) bond motifs is 3. The lowest BCUT2D eigenvalue weighted by molar-refractivity contribution is -0.127. The Morgan fingerprint density at radius 1 is 1.25 bits per heavy atom. The summed E-state index contributed by atoms with van der Waals surface area (Å²) in [4.78, 5) is 17.0. The summed E-state index contributed by atoms with van der Waals surface area (Å²) in [5.41, 5.74) is 3.25. The predicted octanol–water partition coefficient (Wildman–Crippen LogP) is 3.77. The molecular formula is C16H16Cl2N4OS. The zero-order chi connectivity index (χ0) is 15.8. The molecule has 2 aliphatic heterocycles. The number of hydrogen-bond acceptors (Lipinski definition) is 6. The third-order valence-electron chi connectivity index (χ3n) is 4.89. The fraction of sp³-hybridized carbons (Fsp3) is 0.438. The van der Waals surface area contributed by atoms with Crippen LogP contribution < -0.4 is 4.90 Å². The van der Waals surface area contributed by atoms with Crippen molar-refractivity contribution in [3.63, 3.8) is 0 Å². The predicted molar refractivity (Wildman–Crippen MR) is 99.9 cm³/mol. The fourth-order valence-electron chi connectivity index (χ4n) is 3.60. The van der Waals surface area contributed by atoms with Crippen LogP contribution in [0.5, 0.6) is 0 Å². The number of anilines is 1. The van der Waals surface area contributed by atoms with Gasteiger partial charge in [0, 0.05) is 18.5 Å². The fourth-order valence-corrected chi connectivity index (χ4v) is 4.99. The quantitative estimate of drug-likeness (QED) is 0.640. The SMILES string of the molecule is Cc1nc2sc3c(N4CC5(COC5)C4)ncnc3c2c(C)c1Cl.Cl. The van der Waals surface area contributed by atoms with E-state index in [9.17, 15) is 0 Å². The van der Waals surface area contributed by atoms with Gasteiger partial charge in [0.15, 0.2) is 0 Å². The normalized spacial score (nSPS) is 18.5. The number of rotatable bonds is 1. The van der Waals surface area contributed by atoms with Crippen LogP contribution in [0.4, 0.5) is 5.82 Å². The molecule has 2 saturated heterocycles. The van der Waals surface area contributed by atoms with Crippen molar-refractivity contribution < 1.29 is 4.74 Å². The highest BCUT2D eigenvalue weighted by atomic mass is 35.5. The molecule has 0 amide bonds. The minimum atomic E-state index is 0. The minimum absolute atomic E-state index is 0. The summed E-state index contributed by atoms with van der Waals surface area (Å²) in [6.45, 7) is 7.76. The molecule has 0 N–H and O–H groups in total. The van der Waals surface area contributed by atoms with Gasteiger partial charge in [-0.05, 0) is 19.4 Å². The maximum absolute atomic E-state index is 6.39. The third kappa shape index (κ3) is 2.07. The summed E-state index contributed by atoms with van der Waals surface area (Å²) in [6.07, 6.45) is 1.65. The molecule has 5 nitrogen and oxygen atoms in total. The number of halogens is 2. The zero-order valence-corrected chi connectivity index (χ0v) is 15.7. The first kappa shape index (κ1) is 16.3. The van der Waals surface area contributed by atoms with E-state index in [0.717, 1.165) is 68.8 Å². The van der Waals surface area contributed by atoms with Crippen LogP contribution in [-0.4, -0.2) is 41.3 Å². The van der Waals surface area contributed by atoms with E-state index in [0.29, 0.717) is 5.41 Å². The topological polar surface area (TPSA) is 51.1 Å². The number of nitrogens with zero attached hydrogens (tertiary/aromatic N) is 4. The zero-order valence-electron chi connectivity index (χ0n) is 13.3. The summed E-state index contributed by atoms with van der Waals surface area (Å²) >= 11 is 8.05. The molecule has 5 rings (SSSR count). The summed E-state index contributed by atoms with van der Waals surface area (Å²) in [5.74, 6) is 1.02. The van der Waals surface area contributed by atoms with Gasteiger partial charge in [-0.15, -0.1) is 23.7 Å². The number of pyridine rings is 1. The van der Waals surface area contributed by atoms with Crippen molar-refractivity contribution in [2.24, 2.45) is 5.41 Å². The first-order valence-corrected chi connectivity index (χ1v) is 8.80. The van der Waals surface area contributed by atoms with Crippen molar-refractivity contribution in [3.05, 3.63) is 22.6 Å². The van der Waals surface area contributed by atoms with Gasteiger partial charge in [-0.25, -0.2) is 15.0 Å². The Bertz CT molecular complexity index is 962. The van der Waals surface area contributed by atoms with E-state index in [1.165, 1.54) is 0 Å². The van der Waals surface area contributed by atoms with Crippen LogP contribution >= 0.6 is 35.3 Å². The molecule has 2 fully saturated rings. The maximum Gasteiger partial charge on any atom is 0.150 e. The Morgan fingerprint density at radius 3 is 2.67 bits per heavy atom. The lowest BCUT2D eigenvalue weighted by Crippen LogP contribution is -2.66. The van der Waals surface area contributed by atoms with Crippen LogP contribution in [0.2, 0.25) is 5.02 Å². The van der Waals surface area contributed by atoms with Crippen molar-refractivity contribution in [1.82, 2.24) is 15.0 Å². The van der Waals surface area contributed by atoms with E-state index in [1.807, 2.05) is 13.8 Å². The smallest absolute Gasteiger partial charge is 0.150 e. The highest BCUT2D eigenvalue weighted by molar-refractivity contribution is 7.26. The van der Waals surface area contributed by atoms with Crippen molar-refractivity contribution in [2.75, 3.05) is 31.2 Å². The number of aromatic nitrogens is 3. The molecule has 0 saturated carbocycles. The van der Waals surface area contributed by atoms with Crippen LogP contribution in [0.1, 0.15) is 11.3 Å². The van der Waals surface area contributed by atoms with Crippen LogP contribution in [-0.2, 0) is 4.74 Å².